The highest BCUT2D eigenvalue weighted by Gasteiger charge is 2.28. The molecule has 0 spiro atoms. The Morgan fingerprint density at radius 3 is 2.71 bits per heavy atom. The minimum absolute atomic E-state index is 0.176. The van der Waals surface area contributed by atoms with Gasteiger partial charge in [0.25, 0.3) is 11.5 Å². The normalized spacial score (nSPS) is 12.6. The van der Waals surface area contributed by atoms with Gasteiger partial charge in [0.15, 0.2) is 11.5 Å². The molecular formula is C26H25FN4O4. The lowest BCUT2D eigenvalue weighted by Crippen LogP contribution is -2.25. The molecule has 4 aromatic rings. The number of aryl methyl sites for hydroxylation is 1. The molecule has 0 saturated heterocycles. The minimum Gasteiger partial charge on any atom is -0.497 e. The molecule has 0 fully saturated rings. The van der Waals surface area contributed by atoms with Crippen molar-refractivity contribution in [2.45, 2.75) is 32.7 Å². The fourth-order valence-corrected chi connectivity index (χ4v) is 4.53. The van der Waals surface area contributed by atoms with E-state index in [0.717, 1.165) is 40.8 Å². The van der Waals surface area contributed by atoms with Gasteiger partial charge in [0.05, 0.1) is 19.3 Å². The van der Waals surface area contributed by atoms with Crippen molar-refractivity contribution in [3.63, 3.8) is 0 Å². The van der Waals surface area contributed by atoms with Gasteiger partial charge in [-0.15, -0.1) is 0 Å². The van der Waals surface area contributed by atoms with E-state index in [1.54, 1.807) is 37.9 Å². The van der Waals surface area contributed by atoms with Gasteiger partial charge in [-0.2, -0.15) is 0 Å². The maximum absolute atomic E-state index is 13.3. The third kappa shape index (κ3) is 4.03. The topological polar surface area (TPSA) is 91.3 Å². The number of benzene rings is 2. The zero-order chi connectivity index (χ0) is 24.7. The molecule has 180 valence electrons. The van der Waals surface area contributed by atoms with Crippen molar-refractivity contribution in [1.82, 2.24) is 14.5 Å². The second kappa shape index (κ2) is 8.90. The first kappa shape index (κ1) is 22.6. The van der Waals surface area contributed by atoms with Crippen LogP contribution in [0.3, 0.4) is 0 Å². The summed E-state index contributed by atoms with van der Waals surface area (Å²) in [4.78, 5) is 26.4. The number of amides is 1. The number of methoxy groups -OCH3 is 1. The Labute approximate surface area is 200 Å². The third-order valence-electron chi connectivity index (χ3n) is 6.57. The average molecular weight is 477 g/mol. The molecule has 8 nitrogen and oxygen atoms in total. The smallest absolute Gasteiger partial charge is 0.291 e. The first-order valence-electron chi connectivity index (χ1n) is 11.4. The average Bonchev–Trinajstić information content (AvgIpc) is 3.29. The molecule has 0 bridgehead atoms. The van der Waals surface area contributed by atoms with Gasteiger partial charge < -0.3 is 14.6 Å². The Morgan fingerprint density at radius 1 is 1.20 bits per heavy atom. The van der Waals surface area contributed by atoms with Crippen molar-refractivity contribution in [3.05, 3.63) is 86.7 Å². The van der Waals surface area contributed by atoms with E-state index in [9.17, 15) is 14.0 Å². The van der Waals surface area contributed by atoms with Crippen LogP contribution < -0.4 is 15.6 Å². The number of nitrogens with one attached hydrogen (secondary N) is 1. The van der Waals surface area contributed by atoms with E-state index in [2.05, 4.69) is 10.5 Å². The highest BCUT2D eigenvalue weighted by atomic mass is 19.1. The molecule has 1 aliphatic carbocycles. The zero-order valence-corrected chi connectivity index (χ0v) is 19.7. The second-order valence-corrected chi connectivity index (χ2v) is 8.64. The molecule has 9 heteroatoms. The summed E-state index contributed by atoms with van der Waals surface area (Å²) in [6, 6.07) is 11.7. The van der Waals surface area contributed by atoms with Crippen LogP contribution in [0.25, 0.3) is 11.3 Å². The Balaban J connectivity index is 1.45. The molecule has 0 unspecified atom stereocenters. The second-order valence-electron chi connectivity index (χ2n) is 8.64. The van der Waals surface area contributed by atoms with Gasteiger partial charge in [0, 0.05) is 18.2 Å². The lowest BCUT2D eigenvalue weighted by atomic mass is 10.0. The Kier molecular flexibility index (Phi) is 5.76. The number of carbonyl (C=O) groups excluding carboxylic acids is 1. The summed E-state index contributed by atoms with van der Waals surface area (Å²) in [5, 5.41) is 6.83. The number of ether oxygens (including phenoxy) is 1. The lowest BCUT2D eigenvalue weighted by molar-refractivity contribution is 0.101. The number of anilines is 1. The quantitative estimate of drug-likeness (QED) is 0.469. The number of fused-ring (bicyclic) bond motifs is 3. The molecule has 1 aliphatic rings. The molecule has 0 atom stereocenters. The highest BCUT2D eigenvalue weighted by molar-refractivity contribution is 6.05. The van der Waals surface area contributed by atoms with Crippen LogP contribution in [-0.4, -0.2) is 27.5 Å². The van der Waals surface area contributed by atoms with Crippen molar-refractivity contribution in [1.29, 1.82) is 0 Å². The van der Waals surface area contributed by atoms with E-state index in [1.165, 1.54) is 16.8 Å². The first-order valence-corrected chi connectivity index (χ1v) is 11.4. The fourth-order valence-electron chi connectivity index (χ4n) is 4.53. The van der Waals surface area contributed by atoms with Gasteiger partial charge in [-0.3, -0.25) is 14.3 Å². The van der Waals surface area contributed by atoms with Crippen LogP contribution in [0.1, 0.15) is 39.3 Å². The monoisotopic (exact) mass is 476 g/mol. The highest BCUT2D eigenvalue weighted by Crippen LogP contribution is 2.36. The van der Waals surface area contributed by atoms with E-state index in [4.69, 9.17) is 9.26 Å². The summed E-state index contributed by atoms with van der Waals surface area (Å²) in [7, 11) is 3.36. The first-order chi connectivity index (χ1) is 16.9. The number of halogens is 1. The van der Waals surface area contributed by atoms with E-state index in [-0.39, 0.29) is 29.3 Å². The van der Waals surface area contributed by atoms with Crippen molar-refractivity contribution < 1.29 is 18.4 Å². The van der Waals surface area contributed by atoms with Gasteiger partial charge in [-0.1, -0.05) is 17.3 Å². The van der Waals surface area contributed by atoms with Gasteiger partial charge in [-0.05, 0) is 67.6 Å². The standard InChI is InChI=1S/C26H25FN4O4/c1-15-22(26(33)31(30(15)2)14-16-7-9-18(27)10-8-16)28-25(32)23-21-6-4-5-17-13-19(34-3)11-12-20(17)24(21)35-29-23/h7-13H,4-6,14H2,1-3H3,(H,28,32). The number of aromatic nitrogens is 3. The van der Waals surface area contributed by atoms with Gasteiger partial charge >= 0.3 is 0 Å². The summed E-state index contributed by atoms with van der Waals surface area (Å²) >= 11 is 0. The van der Waals surface area contributed by atoms with E-state index in [1.807, 2.05) is 18.2 Å². The van der Waals surface area contributed by atoms with Crippen molar-refractivity contribution in [2.75, 3.05) is 12.4 Å². The summed E-state index contributed by atoms with van der Waals surface area (Å²) in [6.45, 7) is 2.00. The zero-order valence-electron chi connectivity index (χ0n) is 19.7. The molecule has 2 aromatic heterocycles. The van der Waals surface area contributed by atoms with E-state index < -0.39 is 5.91 Å². The minimum atomic E-state index is -0.494. The molecular weight excluding hydrogens is 451 g/mol. The van der Waals surface area contributed by atoms with Crippen LogP contribution in [0.15, 0.2) is 51.8 Å². The number of hydrogen-bond acceptors (Lipinski definition) is 5. The predicted octanol–water partition coefficient (Wildman–Crippen LogP) is 4.09. The lowest BCUT2D eigenvalue weighted by Gasteiger charge is -2.08. The van der Waals surface area contributed by atoms with Crippen LogP contribution in [-0.2, 0) is 26.4 Å². The Hall–Kier alpha value is -4.14. The molecule has 0 radical (unpaired) electrons. The van der Waals surface area contributed by atoms with Crippen molar-refractivity contribution in [3.8, 4) is 17.1 Å². The van der Waals surface area contributed by atoms with Crippen molar-refractivity contribution >= 4 is 11.6 Å². The maximum Gasteiger partial charge on any atom is 0.291 e. The van der Waals surface area contributed by atoms with Crippen LogP contribution in [0.2, 0.25) is 0 Å². The maximum atomic E-state index is 13.3. The molecule has 1 N–H and O–H groups in total. The number of carbonyl (C=O) groups is 1. The summed E-state index contributed by atoms with van der Waals surface area (Å²) < 4.78 is 27.4. The Bertz CT molecular complexity index is 1480. The van der Waals surface area contributed by atoms with E-state index in [0.29, 0.717) is 17.9 Å². The largest absolute Gasteiger partial charge is 0.497 e. The summed E-state index contributed by atoms with van der Waals surface area (Å²) in [5.41, 5.74) is 4.06. The molecule has 2 aromatic carbocycles. The number of nitrogens with zero attached hydrogens (tertiary/aromatic N) is 3. The SMILES string of the molecule is COc1ccc2c(c1)CCCc1c(C(=O)Nc3c(C)n(C)n(Cc4ccc(F)cc4)c3=O)noc1-2. The van der Waals surface area contributed by atoms with Gasteiger partial charge in [-0.25, -0.2) is 9.07 Å². The van der Waals surface area contributed by atoms with E-state index >= 15 is 0 Å². The molecule has 35 heavy (non-hydrogen) atoms. The van der Waals surface area contributed by atoms with Gasteiger partial charge in [0.1, 0.15) is 17.3 Å². The van der Waals surface area contributed by atoms with Crippen molar-refractivity contribution in [2.24, 2.45) is 7.05 Å². The molecule has 0 aliphatic heterocycles. The van der Waals surface area contributed by atoms with Crippen LogP contribution in [0.4, 0.5) is 10.1 Å². The number of rotatable bonds is 5. The van der Waals surface area contributed by atoms with Crippen LogP contribution in [0, 0.1) is 12.7 Å². The molecule has 2 heterocycles. The summed E-state index contributed by atoms with van der Waals surface area (Å²) in [6.07, 6.45) is 2.27. The molecule has 1 amide bonds. The van der Waals surface area contributed by atoms with Crippen LogP contribution in [0.5, 0.6) is 5.75 Å². The molecule has 0 saturated carbocycles. The van der Waals surface area contributed by atoms with Gasteiger partial charge in [0.2, 0.25) is 0 Å². The third-order valence-corrected chi connectivity index (χ3v) is 6.57. The van der Waals surface area contributed by atoms with Crippen LogP contribution >= 0.6 is 0 Å². The fraction of sp³-hybridized carbons (Fsp3) is 0.269. The number of hydrogen-bond donors (Lipinski definition) is 1. The Morgan fingerprint density at radius 2 is 1.97 bits per heavy atom. The molecule has 5 rings (SSSR count). The predicted molar refractivity (Wildman–Crippen MR) is 128 cm³/mol. The summed E-state index contributed by atoms with van der Waals surface area (Å²) in [5.74, 6) is 0.502.